The number of hydrogen-bond donors (Lipinski definition) is 2. The van der Waals surface area contributed by atoms with Gasteiger partial charge in [-0.25, -0.2) is 0 Å². The van der Waals surface area contributed by atoms with Gasteiger partial charge in [0.2, 0.25) is 5.91 Å². The zero-order valence-corrected chi connectivity index (χ0v) is 9.18. The Morgan fingerprint density at radius 1 is 1.54 bits per heavy atom. The fourth-order valence-corrected chi connectivity index (χ4v) is 0.926. The first-order valence-corrected chi connectivity index (χ1v) is 4.95. The molecule has 0 aliphatic carbocycles. The van der Waals surface area contributed by atoms with Crippen LogP contribution in [0.2, 0.25) is 0 Å². The van der Waals surface area contributed by atoms with E-state index < -0.39 is 0 Å². The van der Waals surface area contributed by atoms with E-state index in [1.807, 2.05) is 20.8 Å². The van der Waals surface area contributed by atoms with Crippen LogP contribution in [0.5, 0.6) is 0 Å². The van der Waals surface area contributed by atoms with Gasteiger partial charge in [0.05, 0.1) is 0 Å². The van der Waals surface area contributed by atoms with Crippen molar-refractivity contribution < 1.29 is 4.79 Å². The van der Waals surface area contributed by atoms with Gasteiger partial charge in [-0.2, -0.15) is 0 Å². The van der Waals surface area contributed by atoms with E-state index in [0.29, 0.717) is 6.54 Å². The first-order chi connectivity index (χ1) is 5.93. The van der Waals surface area contributed by atoms with Crippen molar-refractivity contribution in [2.24, 2.45) is 11.7 Å². The van der Waals surface area contributed by atoms with Gasteiger partial charge in [0.25, 0.3) is 0 Å². The van der Waals surface area contributed by atoms with Crippen LogP contribution in [-0.2, 0) is 4.79 Å². The lowest BCUT2D eigenvalue weighted by molar-refractivity contribution is -0.126. The second-order valence-corrected chi connectivity index (χ2v) is 4.21. The molecule has 1 amide bonds. The highest BCUT2D eigenvalue weighted by Crippen LogP contribution is 2.09. The molecule has 3 heteroatoms. The molecule has 1 atom stereocenters. The fraction of sp³-hybridized carbons (Fsp3) is 0.900. The SMILES string of the molecule is CCC(C)(C)NC(=O)C(C)CCN. The van der Waals surface area contributed by atoms with Gasteiger partial charge in [0, 0.05) is 11.5 Å². The van der Waals surface area contributed by atoms with E-state index in [4.69, 9.17) is 5.73 Å². The average molecular weight is 186 g/mol. The maximum absolute atomic E-state index is 11.5. The van der Waals surface area contributed by atoms with Gasteiger partial charge in [0.15, 0.2) is 0 Å². The molecule has 1 unspecified atom stereocenters. The molecule has 0 aliphatic rings. The molecule has 0 saturated heterocycles. The molecular formula is C10H22N2O. The van der Waals surface area contributed by atoms with Gasteiger partial charge < -0.3 is 11.1 Å². The second kappa shape index (κ2) is 5.22. The van der Waals surface area contributed by atoms with Crippen molar-refractivity contribution in [2.45, 2.75) is 46.1 Å². The lowest BCUT2D eigenvalue weighted by Crippen LogP contribution is -2.45. The minimum absolute atomic E-state index is 0.0239. The van der Waals surface area contributed by atoms with Gasteiger partial charge in [-0.05, 0) is 33.2 Å². The molecule has 0 fully saturated rings. The molecule has 3 N–H and O–H groups in total. The van der Waals surface area contributed by atoms with Crippen molar-refractivity contribution in [2.75, 3.05) is 6.54 Å². The molecule has 0 aliphatic heterocycles. The fourth-order valence-electron chi connectivity index (χ4n) is 0.926. The normalized spacial score (nSPS) is 13.9. The molecule has 78 valence electrons. The summed E-state index contributed by atoms with van der Waals surface area (Å²) in [4.78, 5) is 11.5. The van der Waals surface area contributed by atoms with E-state index in [1.54, 1.807) is 0 Å². The number of hydrogen-bond acceptors (Lipinski definition) is 2. The van der Waals surface area contributed by atoms with Gasteiger partial charge in [-0.15, -0.1) is 0 Å². The summed E-state index contributed by atoms with van der Waals surface area (Å²) >= 11 is 0. The van der Waals surface area contributed by atoms with Crippen molar-refractivity contribution in [3.63, 3.8) is 0 Å². The van der Waals surface area contributed by atoms with Crippen LogP contribution in [0.4, 0.5) is 0 Å². The molecule has 0 aromatic heterocycles. The molecule has 13 heavy (non-hydrogen) atoms. The van der Waals surface area contributed by atoms with Gasteiger partial charge in [-0.1, -0.05) is 13.8 Å². The Morgan fingerprint density at radius 3 is 2.46 bits per heavy atom. The van der Waals surface area contributed by atoms with Crippen LogP contribution in [0.3, 0.4) is 0 Å². The van der Waals surface area contributed by atoms with Crippen LogP contribution in [-0.4, -0.2) is 18.0 Å². The molecule has 3 nitrogen and oxygen atoms in total. The van der Waals surface area contributed by atoms with Gasteiger partial charge in [0.1, 0.15) is 0 Å². The number of nitrogens with two attached hydrogens (primary N) is 1. The first-order valence-electron chi connectivity index (χ1n) is 4.95. The lowest BCUT2D eigenvalue weighted by Gasteiger charge is -2.26. The van der Waals surface area contributed by atoms with Crippen LogP contribution in [0.1, 0.15) is 40.5 Å². The monoisotopic (exact) mass is 186 g/mol. The van der Waals surface area contributed by atoms with E-state index in [0.717, 1.165) is 12.8 Å². The Balaban J connectivity index is 3.99. The molecule has 0 bridgehead atoms. The maximum Gasteiger partial charge on any atom is 0.223 e. The third-order valence-electron chi connectivity index (χ3n) is 2.39. The number of carbonyl (C=O) groups is 1. The van der Waals surface area contributed by atoms with Crippen molar-refractivity contribution in [1.29, 1.82) is 0 Å². The summed E-state index contributed by atoms with van der Waals surface area (Å²) in [5, 5.41) is 3.00. The summed E-state index contributed by atoms with van der Waals surface area (Å²) in [5.41, 5.74) is 5.29. The molecule has 0 saturated carbocycles. The van der Waals surface area contributed by atoms with Gasteiger partial charge in [-0.3, -0.25) is 4.79 Å². The van der Waals surface area contributed by atoms with Crippen LogP contribution < -0.4 is 11.1 Å². The second-order valence-electron chi connectivity index (χ2n) is 4.21. The molecular weight excluding hydrogens is 164 g/mol. The highest BCUT2D eigenvalue weighted by molar-refractivity contribution is 5.78. The van der Waals surface area contributed by atoms with Crippen LogP contribution >= 0.6 is 0 Å². The Kier molecular flexibility index (Phi) is 4.99. The Morgan fingerprint density at radius 2 is 2.08 bits per heavy atom. The summed E-state index contributed by atoms with van der Waals surface area (Å²) in [7, 11) is 0. The summed E-state index contributed by atoms with van der Waals surface area (Å²) in [6.07, 6.45) is 1.69. The van der Waals surface area contributed by atoms with Gasteiger partial charge >= 0.3 is 0 Å². The highest BCUT2D eigenvalue weighted by atomic mass is 16.2. The van der Waals surface area contributed by atoms with E-state index in [2.05, 4.69) is 12.2 Å². The molecule has 0 heterocycles. The standard InChI is InChI=1S/C10H22N2O/c1-5-10(3,4)12-9(13)8(2)6-7-11/h8H,5-7,11H2,1-4H3,(H,12,13). The average Bonchev–Trinajstić information content (AvgIpc) is 2.04. The predicted molar refractivity (Wildman–Crippen MR) is 55.3 cm³/mol. The Labute approximate surface area is 81.1 Å². The molecule has 0 aromatic carbocycles. The van der Waals surface area contributed by atoms with Crippen molar-refractivity contribution >= 4 is 5.91 Å². The first kappa shape index (κ1) is 12.4. The molecule has 0 spiro atoms. The number of rotatable bonds is 5. The van der Waals surface area contributed by atoms with Crippen LogP contribution in [0, 0.1) is 5.92 Å². The Hall–Kier alpha value is -0.570. The number of nitrogens with one attached hydrogen (secondary N) is 1. The summed E-state index contributed by atoms with van der Waals surface area (Å²) < 4.78 is 0. The summed E-state index contributed by atoms with van der Waals surface area (Å²) in [6, 6.07) is 0. The maximum atomic E-state index is 11.5. The van der Waals surface area contributed by atoms with E-state index in [-0.39, 0.29) is 17.4 Å². The Bertz CT molecular complexity index is 166. The third kappa shape index (κ3) is 4.88. The number of carbonyl (C=O) groups excluding carboxylic acids is 1. The minimum Gasteiger partial charge on any atom is -0.351 e. The summed E-state index contributed by atoms with van der Waals surface area (Å²) in [6.45, 7) is 8.60. The van der Waals surface area contributed by atoms with Crippen LogP contribution in [0.25, 0.3) is 0 Å². The topological polar surface area (TPSA) is 55.1 Å². The van der Waals surface area contributed by atoms with E-state index in [9.17, 15) is 4.79 Å². The summed E-state index contributed by atoms with van der Waals surface area (Å²) in [5.74, 6) is 0.133. The predicted octanol–water partition coefficient (Wildman–Crippen LogP) is 1.28. The van der Waals surface area contributed by atoms with E-state index in [1.165, 1.54) is 0 Å². The molecule has 0 rings (SSSR count). The zero-order chi connectivity index (χ0) is 10.5. The van der Waals surface area contributed by atoms with Crippen molar-refractivity contribution in [3.05, 3.63) is 0 Å². The smallest absolute Gasteiger partial charge is 0.223 e. The lowest BCUT2D eigenvalue weighted by atomic mass is 9.99. The van der Waals surface area contributed by atoms with Crippen molar-refractivity contribution in [3.8, 4) is 0 Å². The van der Waals surface area contributed by atoms with Crippen LogP contribution in [0.15, 0.2) is 0 Å². The van der Waals surface area contributed by atoms with Crippen molar-refractivity contribution in [1.82, 2.24) is 5.32 Å². The van der Waals surface area contributed by atoms with E-state index >= 15 is 0 Å². The largest absolute Gasteiger partial charge is 0.351 e. The highest BCUT2D eigenvalue weighted by Gasteiger charge is 2.20. The quantitative estimate of drug-likeness (QED) is 0.679. The third-order valence-corrected chi connectivity index (χ3v) is 2.39. The zero-order valence-electron chi connectivity index (χ0n) is 9.18. The minimum atomic E-state index is -0.0973. The number of amides is 1. The molecule has 0 radical (unpaired) electrons. The molecule has 0 aromatic rings.